The van der Waals surface area contributed by atoms with Gasteiger partial charge in [-0.15, -0.1) is 0 Å². The summed E-state index contributed by atoms with van der Waals surface area (Å²) in [6, 6.07) is 0. The Hall–Kier alpha value is -1.63. The molecule has 0 aliphatic carbocycles. The summed E-state index contributed by atoms with van der Waals surface area (Å²) in [5.74, 6) is 1.27. The number of aliphatic hydroxyl groups is 1. The van der Waals surface area contributed by atoms with Gasteiger partial charge < -0.3 is 20.1 Å². The highest BCUT2D eigenvalue weighted by molar-refractivity contribution is 5.57. The maximum absolute atomic E-state index is 10.8. The van der Waals surface area contributed by atoms with Crippen molar-refractivity contribution in [1.29, 1.82) is 0 Å². The van der Waals surface area contributed by atoms with Crippen LogP contribution in [0.4, 0.5) is 11.6 Å². The number of hydrogen-bond acceptors (Lipinski definition) is 5. The van der Waals surface area contributed by atoms with Crippen LogP contribution in [0, 0.1) is 23.0 Å². The molecule has 16 heavy (non-hydrogen) atoms. The van der Waals surface area contributed by atoms with Crippen LogP contribution < -0.4 is 4.90 Å². The zero-order valence-corrected chi connectivity index (χ0v) is 9.25. The molecule has 1 N–H and O–H groups in total. The summed E-state index contributed by atoms with van der Waals surface area (Å²) in [7, 11) is 1.76. The van der Waals surface area contributed by atoms with Crippen molar-refractivity contribution in [3.8, 4) is 0 Å². The lowest BCUT2D eigenvalue weighted by Gasteiger charge is -2.38. The van der Waals surface area contributed by atoms with E-state index >= 15 is 0 Å². The first kappa shape index (κ1) is 10.9. The van der Waals surface area contributed by atoms with Crippen LogP contribution in [0.2, 0.25) is 0 Å². The Kier molecular flexibility index (Phi) is 2.55. The van der Waals surface area contributed by atoms with E-state index in [9.17, 15) is 10.1 Å². The molecule has 1 aromatic rings. The summed E-state index contributed by atoms with van der Waals surface area (Å²) in [5, 5.41) is 19.8. The van der Waals surface area contributed by atoms with E-state index in [4.69, 9.17) is 5.11 Å². The second-order valence-electron chi connectivity index (χ2n) is 4.08. The van der Waals surface area contributed by atoms with E-state index in [-0.39, 0.29) is 18.3 Å². The molecule has 1 fully saturated rings. The Labute approximate surface area is 92.5 Å². The molecule has 0 spiro atoms. The van der Waals surface area contributed by atoms with Crippen LogP contribution in [0.1, 0.15) is 5.82 Å². The summed E-state index contributed by atoms with van der Waals surface area (Å²) >= 11 is 0. The molecule has 1 saturated heterocycles. The number of nitro groups is 1. The Morgan fingerprint density at radius 3 is 2.75 bits per heavy atom. The number of imidazole rings is 1. The molecule has 0 amide bonds. The van der Waals surface area contributed by atoms with Crippen LogP contribution in [-0.2, 0) is 7.05 Å². The van der Waals surface area contributed by atoms with Crippen LogP contribution in [0.15, 0.2) is 0 Å². The number of rotatable bonds is 3. The average molecular weight is 226 g/mol. The highest BCUT2D eigenvalue weighted by Gasteiger charge is 2.35. The normalized spacial score (nSPS) is 16.3. The Morgan fingerprint density at radius 1 is 1.62 bits per heavy atom. The largest absolute Gasteiger partial charge is 0.406 e. The lowest BCUT2D eigenvalue weighted by atomic mass is 10.0. The molecule has 1 aliphatic rings. The SMILES string of the molecule is Cc1nc([N+](=O)[O-])c(N2CC(CO)C2)n1C. The van der Waals surface area contributed by atoms with E-state index in [1.807, 2.05) is 4.90 Å². The van der Waals surface area contributed by atoms with E-state index in [0.29, 0.717) is 24.7 Å². The molecule has 2 rings (SSSR count). The van der Waals surface area contributed by atoms with Gasteiger partial charge in [0.25, 0.3) is 0 Å². The predicted molar refractivity (Wildman–Crippen MR) is 57.4 cm³/mol. The first-order valence-corrected chi connectivity index (χ1v) is 5.08. The van der Waals surface area contributed by atoms with Gasteiger partial charge in [0.1, 0.15) is 0 Å². The van der Waals surface area contributed by atoms with Crippen molar-refractivity contribution in [1.82, 2.24) is 9.55 Å². The molecule has 0 radical (unpaired) electrons. The molecule has 7 heteroatoms. The smallest absolute Gasteiger partial charge is 0.396 e. The summed E-state index contributed by atoms with van der Waals surface area (Å²) in [6.07, 6.45) is 0. The number of aryl methyl sites for hydroxylation is 1. The van der Waals surface area contributed by atoms with Crippen molar-refractivity contribution in [3.63, 3.8) is 0 Å². The molecule has 7 nitrogen and oxygen atoms in total. The molecular weight excluding hydrogens is 212 g/mol. The lowest BCUT2D eigenvalue weighted by Crippen LogP contribution is -2.49. The molecule has 0 saturated carbocycles. The molecule has 0 aromatic carbocycles. The predicted octanol–water partition coefficient (Wildman–Crippen LogP) is 0.0652. The molecule has 0 atom stereocenters. The van der Waals surface area contributed by atoms with Crippen molar-refractivity contribution in [2.24, 2.45) is 13.0 Å². The zero-order valence-electron chi connectivity index (χ0n) is 9.25. The van der Waals surface area contributed by atoms with Gasteiger partial charge in [0.2, 0.25) is 11.6 Å². The molecule has 1 aliphatic heterocycles. The van der Waals surface area contributed by atoms with Gasteiger partial charge in [-0.3, -0.25) is 4.57 Å². The lowest BCUT2D eigenvalue weighted by molar-refractivity contribution is -0.388. The van der Waals surface area contributed by atoms with Crippen LogP contribution in [0.25, 0.3) is 0 Å². The van der Waals surface area contributed by atoms with E-state index in [0.717, 1.165) is 0 Å². The van der Waals surface area contributed by atoms with E-state index in [2.05, 4.69) is 4.98 Å². The summed E-state index contributed by atoms with van der Waals surface area (Å²) in [5.41, 5.74) is 0. The average Bonchev–Trinajstić information content (AvgIpc) is 2.44. The molecule has 0 unspecified atom stereocenters. The van der Waals surface area contributed by atoms with Crippen LogP contribution in [-0.4, -0.2) is 39.3 Å². The summed E-state index contributed by atoms with van der Waals surface area (Å²) < 4.78 is 1.71. The standard InChI is InChI=1S/C9H14N4O3/c1-6-10-8(13(15)16)9(11(6)2)12-3-7(4-12)5-14/h7,14H,3-5H2,1-2H3. The van der Waals surface area contributed by atoms with Gasteiger partial charge in [0.05, 0.1) is 0 Å². The maximum Gasteiger partial charge on any atom is 0.406 e. The number of nitrogens with zero attached hydrogens (tertiary/aromatic N) is 4. The fourth-order valence-corrected chi connectivity index (χ4v) is 1.92. The van der Waals surface area contributed by atoms with Gasteiger partial charge in [-0.1, -0.05) is 0 Å². The zero-order chi connectivity index (χ0) is 11.9. The third kappa shape index (κ3) is 1.53. The molecule has 2 heterocycles. The van der Waals surface area contributed by atoms with Crippen LogP contribution in [0.5, 0.6) is 0 Å². The molecule has 88 valence electrons. The first-order chi connectivity index (χ1) is 7.54. The summed E-state index contributed by atoms with van der Waals surface area (Å²) in [4.78, 5) is 16.2. The van der Waals surface area contributed by atoms with Crippen LogP contribution in [0.3, 0.4) is 0 Å². The first-order valence-electron chi connectivity index (χ1n) is 5.08. The maximum atomic E-state index is 10.8. The second kappa shape index (κ2) is 3.75. The van der Waals surface area contributed by atoms with Crippen molar-refractivity contribution in [2.45, 2.75) is 6.92 Å². The third-order valence-electron chi connectivity index (χ3n) is 2.96. The van der Waals surface area contributed by atoms with Crippen molar-refractivity contribution in [2.75, 3.05) is 24.6 Å². The van der Waals surface area contributed by atoms with Crippen molar-refractivity contribution in [3.05, 3.63) is 15.9 Å². The minimum absolute atomic E-state index is 0.101. The van der Waals surface area contributed by atoms with Gasteiger partial charge in [-0.25, -0.2) is 0 Å². The van der Waals surface area contributed by atoms with Crippen LogP contribution >= 0.6 is 0 Å². The fourth-order valence-electron chi connectivity index (χ4n) is 1.92. The number of anilines is 1. The second-order valence-corrected chi connectivity index (χ2v) is 4.08. The van der Waals surface area contributed by atoms with Gasteiger partial charge in [-0.05, 0) is 9.91 Å². The highest BCUT2D eigenvalue weighted by atomic mass is 16.6. The minimum Gasteiger partial charge on any atom is -0.396 e. The number of aromatic nitrogens is 2. The molecule has 0 bridgehead atoms. The Balaban J connectivity index is 2.29. The Bertz CT molecular complexity index is 423. The highest BCUT2D eigenvalue weighted by Crippen LogP contribution is 2.32. The van der Waals surface area contributed by atoms with Gasteiger partial charge in [0, 0.05) is 39.6 Å². The van der Waals surface area contributed by atoms with Gasteiger partial charge in [0.15, 0.2) is 0 Å². The molecular formula is C9H14N4O3. The topological polar surface area (TPSA) is 84.4 Å². The van der Waals surface area contributed by atoms with Gasteiger partial charge in [-0.2, -0.15) is 0 Å². The quantitative estimate of drug-likeness (QED) is 0.582. The number of aliphatic hydroxyl groups excluding tert-OH is 1. The Morgan fingerprint density at radius 2 is 2.25 bits per heavy atom. The molecule has 1 aromatic heterocycles. The monoisotopic (exact) mass is 226 g/mol. The van der Waals surface area contributed by atoms with Crippen molar-refractivity contribution < 1.29 is 10.0 Å². The van der Waals surface area contributed by atoms with E-state index in [1.165, 1.54) is 0 Å². The van der Waals surface area contributed by atoms with E-state index < -0.39 is 4.92 Å². The van der Waals surface area contributed by atoms with E-state index in [1.54, 1.807) is 18.5 Å². The van der Waals surface area contributed by atoms with Gasteiger partial charge >= 0.3 is 5.82 Å². The number of hydrogen-bond donors (Lipinski definition) is 1. The van der Waals surface area contributed by atoms with Crippen molar-refractivity contribution >= 4 is 11.6 Å². The summed E-state index contributed by atoms with van der Waals surface area (Å²) in [6.45, 7) is 3.16. The third-order valence-corrected chi connectivity index (χ3v) is 2.96. The minimum atomic E-state index is -0.464. The fraction of sp³-hybridized carbons (Fsp3) is 0.667.